The highest BCUT2D eigenvalue weighted by Crippen LogP contribution is 2.19. The number of rotatable bonds is 4. The van der Waals surface area contributed by atoms with Gasteiger partial charge in [-0.25, -0.2) is 9.59 Å². The van der Waals surface area contributed by atoms with Gasteiger partial charge >= 0.3 is 11.9 Å². The molecule has 1 aromatic carbocycles. The molecule has 0 bridgehead atoms. The summed E-state index contributed by atoms with van der Waals surface area (Å²) in [5.41, 5.74) is 0.742. The van der Waals surface area contributed by atoms with Crippen molar-refractivity contribution in [2.24, 2.45) is 0 Å². The summed E-state index contributed by atoms with van der Waals surface area (Å²) < 4.78 is 4.83. The van der Waals surface area contributed by atoms with Crippen molar-refractivity contribution in [3.8, 4) is 5.75 Å². The Balaban J connectivity index is 0.000000873. The van der Waals surface area contributed by atoms with E-state index in [0.29, 0.717) is 0 Å². The van der Waals surface area contributed by atoms with E-state index < -0.39 is 18.5 Å². The smallest absolute Gasteiger partial charge is 0.341 e. The fraction of sp³-hybridized carbons (Fsp3) is 0.385. The van der Waals surface area contributed by atoms with E-state index in [1.54, 1.807) is 13.0 Å². The highest BCUT2D eigenvalue weighted by atomic mass is 16.5. The minimum Gasteiger partial charge on any atom is -0.481 e. The third-order valence-corrected chi connectivity index (χ3v) is 1.72. The predicted octanol–water partition coefficient (Wildman–Crippen LogP) is 2.57. The number of hydrogen-bond donors (Lipinski definition) is 2. The molecule has 0 radical (unpaired) electrons. The van der Waals surface area contributed by atoms with Crippen LogP contribution in [-0.2, 0) is 4.79 Å². The second kappa shape index (κ2) is 8.11. The Morgan fingerprint density at radius 2 is 1.78 bits per heavy atom. The lowest BCUT2D eigenvalue weighted by Gasteiger charge is -2.07. The van der Waals surface area contributed by atoms with Gasteiger partial charge in [0, 0.05) is 0 Å². The number of ether oxygens (including phenoxy) is 1. The number of benzene rings is 1. The molecule has 0 aliphatic heterocycles. The molecule has 0 aliphatic carbocycles. The molecule has 1 aromatic rings. The number of carboxylic acid groups (broad SMARTS) is 2. The monoisotopic (exact) mass is 254 g/mol. The summed E-state index contributed by atoms with van der Waals surface area (Å²) in [5, 5.41) is 17.2. The zero-order valence-electron chi connectivity index (χ0n) is 10.8. The normalized spacial score (nSPS) is 9.06. The van der Waals surface area contributed by atoms with E-state index in [-0.39, 0.29) is 11.3 Å². The van der Waals surface area contributed by atoms with Crippen molar-refractivity contribution >= 4 is 11.9 Å². The lowest BCUT2D eigenvalue weighted by Crippen LogP contribution is -2.12. The van der Waals surface area contributed by atoms with Gasteiger partial charge in [-0.3, -0.25) is 0 Å². The molecule has 0 aromatic heterocycles. The van der Waals surface area contributed by atoms with Gasteiger partial charge in [0.2, 0.25) is 0 Å². The third-order valence-electron chi connectivity index (χ3n) is 1.72. The Hall–Kier alpha value is -2.04. The van der Waals surface area contributed by atoms with E-state index in [0.717, 1.165) is 5.56 Å². The van der Waals surface area contributed by atoms with E-state index >= 15 is 0 Å². The molecule has 5 heteroatoms. The highest BCUT2D eigenvalue weighted by Gasteiger charge is 2.12. The van der Waals surface area contributed by atoms with E-state index in [4.69, 9.17) is 14.9 Å². The Kier molecular flexibility index (Phi) is 7.19. The van der Waals surface area contributed by atoms with Gasteiger partial charge in [0.15, 0.2) is 6.61 Å². The minimum atomic E-state index is -1.15. The van der Waals surface area contributed by atoms with Crippen LogP contribution in [0.3, 0.4) is 0 Å². The summed E-state index contributed by atoms with van der Waals surface area (Å²) in [6.07, 6.45) is 1.25. The maximum absolute atomic E-state index is 10.8. The molecular weight excluding hydrogens is 236 g/mol. The van der Waals surface area contributed by atoms with Crippen molar-refractivity contribution in [1.82, 2.24) is 0 Å². The van der Waals surface area contributed by atoms with Crippen molar-refractivity contribution < 1.29 is 24.5 Å². The standard InChI is InChI=1S/C10H10O5.C3H8/c1-6-2-3-8(15-5-9(11)12)7(4-6)10(13)14;1-3-2/h2-4H,5H2,1H3,(H,11,12)(H,13,14);3H2,1-2H3. The fourth-order valence-corrected chi connectivity index (χ4v) is 1.08. The number of carboxylic acids is 2. The van der Waals surface area contributed by atoms with Gasteiger partial charge in [0.25, 0.3) is 0 Å². The fourth-order valence-electron chi connectivity index (χ4n) is 1.08. The van der Waals surface area contributed by atoms with Crippen molar-refractivity contribution in [2.45, 2.75) is 27.2 Å². The largest absolute Gasteiger partial charge is 0.481 e. The molecule has 0 spiro atoms. The first-order valence-electron chi connectivity index (χ1n) is 5.60. The van der Waals surface area contributed by atoms with Crippen LogP contribution >= 0.6 is 0 Å². The Morgan fingerprint density at radius 3 is 2.22 bits per heavy atom. The average molecular weight is 254 g/mol. The molecule has 0 saturated heterocycles. The minimum absolute atomic E-state index is 0.0312. The number of carbonyl (C=O) groups is 2. The molecule has 0 heterocycles. The van der Waals surface area contributed by atoms with Gasteiger partial charge < -0.3 is 14.9 Å². The molecule has 1 rings (SSSR count). The second-order valence-corrected chi connectivity index (χ2v) is 3.69. The molecule has 0 atom stereocenters. The Morgan fingerprint density at radius 1 is 1.22 bits per heavy atom. The number of aryl methyl sites for hydroxylation is 1. The second-order valence-electron chi connectivity index (χ2n) is 3.69. The van der Waals surface area contributed by atoms with Crippen LogP contribution in [0.15, 0.2) is 18.2 Å². The quantitative estimate of drug-likeness (QED) is 0.862. The first-order valence-corrected chi connectivity index (χ1v) is 5.60. The lowest BCUT2D eigenvalue weighted by atomic mass is 10.1. The summed E-state index contributed by atoms with van der Waals surface area (Å²) >= 11 is 0. The molecular formula is C13H18O5. The molecule has 100 valence electrons. The van der Waals surface area contributed by atoms with Crippen LogP contribution in [-0.4, -0.2) is 28.8 Å². The Bertz CT molecular complexity index is 412. The van der Waals surface area contributed by atoms with Crippen molar-refractivity contribution in [3.63, 3.8) is 0 Å². The summed E-state index contributed by atoms with van der Waals surface area (Å²) in [7, 11) is 0. The van der Waals surface area contributed by atoms with Gasteiger partial charge in [0.1, 0.15) is 11.3 Å². The summed E-state index contributed by atoms with van der Waals surface area (Å²) in [4.78, 5) is 21.0. The van der Waals surface area contributed by atoms with Crippen LogP contribution in [0.2, 0.25) is 0 Å². The molecule has 0 amide bonds. The molecule has 0 fully saturated rings. The van der Waals surface area contributed by atoms with Gasteiger partial charge in [0.05, 0.1) is 0 Å². The summed E-state index contributed by atoms with van der Waals surface area (Å²) in [5.74, 6) is -2.22. The zero-order valence-corrected chi connectivity index (χ0v) is 10.8. The maximum atomic E-state index is 10.8. The van der Waals surface area contributed by atoms with Gasteiger partial charge in [-0.1, -0.05) is 31.9 Å². The third kappa shape index (κ3) is 5.89. The molecule has 0 aliphatic rings. The van der Waals surface area contributed by atoms with Crippen LogP contribution in [0.25, 0.3) is 0 Å². The predicted molar refractivity (Wildman–Crippen MR) is 67.2 cm³/mol. The number of hydrogen-bond acceptors (Lipinski definition) is 3. The Labute approximate surface area is 106 Å². The van der Waals surface area contributed by atoms with E-state index in [1.165, 1.54) is 18.6 Å². The van der Waals surface area contributed by atoms with E-state index in [1.807, 2.05) is 0 Å². The van der Waals surface area contributed by atoms with Crippen molar-refractivity contribution in [3.05, 3.63) is 29.3 Å². The summed E-state index contributed by atoms with van der Waals surface area (Å²) in [6.45, 7) is 5.44. The number of aromatic carboxylic acids is 1. The van der Waals surface area contributed by atoms with Crippen molar-refractivity contribution in [1.29, 1.82) is 0 Å². The average Bonchev–Trinajstić information content (AvgIpc) is 2.28. The first kappa shape index (κ1) is 16.0. The summed E-state index contributed by atoms with van der Waals surface area (Å²) in [6, 6.07) is 4.53. The maximum Gasteiger partial charge on any atom is 0.341 e. The number of aliphatic carboxylic acids is 1. The van der Waals surface area contributed by atoms with Crippen LogP contribution in [0.4, 0.5) is 0 Å². The van der Waals surface area contributed by atoms with E-state index in [9.17, 15) is 9.59 Å². The molecule has 2 N–H and O–H groups in total. The van der Waals surface area contributed by atoms with Crippen LogP contribution < -0.4 is 4.74 Å². The van der Waals surface area contributed by atoms with Gasteiger partial charge in [-0.05, 0) is 19.1 Å². The topological polar surface area (TPSA) is 83.8 Å². The first-order chi connectivity index (χ1) is 8.42. The van der Waals surface area contributed by atoms with Gasteiger partial charge in [-0.2, -0.15) is 0 Å². The van der Waals surface area contributed by atoms with Gasteiger partial charge in [-0.15, -0.1) is 0 Å². The molecule has 0 saturated carbocycles. The molecule has 5 nitrogen and oxygen atoms in total. The SMILES string of the molecule is CCC.Cc1ccc(OCC(=O)O)c(C(=O)O)c1. The lowest BCUT2D eigenvalue weighted by molar-refractivity contribution is -0.139. The molecule has 0 unspecified atom stereocenters. The van der Waals surface area contributed by atoms with Crippen molar-refractivity contribution in [2.75, 3.05) is 6.61 Å². The molecule has 18 heavy (non-hydrogen) atoms. The zero-order chi connectivity index (χ0) is 14.1. The van der Waals surface area contributed by atoms with Crippen LogP contribution in [0.5, 0.6) is 5.75 Å². The van der Waals surface area contributed by atoms with E-state index in [2.05, 4.69) is 13.8 Å². The van der Waals surface area contributed by atoms with Crippen LogP contribution in [0.1, 0.15) is 36.2 Å². The highest BCUT2D eigenvalue weighted by molar-refractivity contribution is 5.91. The van der Waals surface area contributed by atoms with Crippen LogP contribution in [0, 0.1) is 6.92 Å².